The van der Waals surface area contributed by atoms with E-state index in [4.69, 9.17) is 9.47 Å². The lowest BCUT2D eigenvalue weighted by atomic mass is 9.78. The van der Waals surface area contributed by atoms with E-state index in [1.165, 1.54) is 11.3 Å². The molecule has 2 aliphatic heterocycles. The van der Waals surface area contributed by atoms with Crippen LogP contribution in [0, 0.1) is 6.92 Å². The summed E-state index contributed by atoms with van der Waals surface area (Å²) in [5, 5.41) is 14.3. The van der Waals surface area contributed by atoms with Crippen LogP contribution in [0.3, 0.4) is 0 Å². The van der Waals surface area contributed by atoms with E-state index in [0.29, 0.717) is 43.3 Å². The van der Waals surface area contributed by atoms with Crippen LogP contribution in [0.2, 0.25) is 0 Å². The van der Waals surface area contributed by atoms with Crippen LogP contribution in [0.15, 0.2) is 35.8 Å². The Morgan fingerprint density at radius 3 is 2.75 bits per heavy atom. The first kappa shape index (κ1) is 19.5. The number of nitrogens with one attached hydrogen (secondary N) is 1. The summed E-state index contributed by atoms with van der Waals surface area (Å²) in [7, 11) is 0. The van der Waals surface area contributed by atoms with Crippen molar-refractivity contribution in [2.24, 2.45) is 0 Å². The van der Waals surface area contributed by atoms with Crippen molar-refractivity contribution < 1.29 is 19.4 Å². The quantitative estimate of drug-likeness (QED) is 0.788. The van der Waals surface area contributed by atoms with Gasteiger partial charge in [-0.3, -0.25) is 9.69 Å². The number of β-amino-alcohol motifs (C(OH)–C–C–N with tert-alkyl or cyclic N) is 1. The van der Waals surface area contributed by atoms with Crippen molar-refractivity contribution in [1.29, 1.82) is 0 Å². The maximum Gasteiger partial charge on any atom is 0.264 e. The zero-order chi connectivity index (χ0) is 19.6. The lowest BCUT2D eigenvalue weighted by molar-refractivity contribution is -0.0853. The van der Waals surface area contributed by atoms with Gasteiger partial charge in [0.25, 0.3) is 5.91 Å². The number of aryl methyl sites for hydroxylation is 1. The number of amides is 1. The first-order valence-corrected chi connectivity index (χ1v) is 10.4. The lowest BCUT2D eigenvalue weighted by Crippen LogP contribution is -2.62. The summed E-state index contributed by atoms with van der Waals surface area (Å²) in [6.45, 7) is 4.81. The van der Waals surface area contributed by atoms with E-state index in [1.807, 2.05) is 37.3 Å². The number of aromatic nitrogens is 1. The summed E-state index contributed by atoms with van der Waals surface area (Å²) in [4.78, 5) is 19.9. The molecule has 2 aromatic rings. The minimum Gasteiger partial charge on any atom is -0.389 e. The maximum atomic E-state index is 13.0. The summed E-state index contributed by atoms with van der Waals surface area (Å²) in [6.07, 6.45) is -0.415. The number of ether oxygens (including phenoxy) is 2. The van der Waals surface area contributed by atoms with Crippen molar-refractivity contribution in [2.45, 2.75) is 31.3 Å². The van der Waals surface area contributed by atoms with Crippen LogP contribution in [0.1, 0.15) is 27.3 Å². The minimum absolute atomic E-state index is 0.196. The molecule has 1 aromatic carbocycles. The predicted molar refractivity (Wildman–Crippen MR) is 105 cm³/mol. The highest BCUT2D eigenvalue weighted by Crippen LogP contribution is 2.34. The van der Waals surface area contributed by atoms with Crippen molar-refractivity contribution >= 4 is 17.2 Å². The second-order valence-electron chi connectivity index (χ2n) is 7.25. The summed E-state index contributed by atoms with van der Waals surface area (Å²) in [5.41, 5.74) is 2.43. The number of hydrogen-bond acceptors (Lipinski definition) is 7. The molecular formula is C20H25N3O4S. The van der Waals surface area contributed by atoms with Crippen molar-refractivity contribution in [2.75, 3.05) is 32.8 Å². The molecule has 0 bridgehead atoms. The molecule has 2 fully saturated rings. The van der Waals surface area contributed by atoms with Crippen LogP contribution < -0.4 is 5.32 Å². The number of aliphatic hydroxyl groups excluding tert-OH is 1. The second kappa shape index (κ2) is 8.26. The van der Waals surface area contributed by atoms with Crippen LogP contribution in [0.25, 0.3) is 0 Å². The van der Waals surface area contributed by atoms with Crippen LogP contribution >= 0.6 is 11.3 Å². The fourth-order valence-electron chi connectivity index (χ4n) is 3.95. The number of thiazole rings is 1. The van der Waals surface area contributed by atoms with E-state index < -0.39 is 11.6 Å². The van der Waals surface area contributed by atoms with Crippen molar-refractivity contribution in [3.05, 3.63) is 52.0 Å². The van der Waals surface area contributed by atoms with E-state index in [2.05, 4.69) is 15.2 Å². The summed E-state index contributed by atoms with van der Waals surface area (Å²) >= 11 is 1.31. The smallest absolute Gasteiger partial charge is 0.264 e. The fraction of sp³-hybridized carbons (Fsp3) is 0.500. The number of hydrogen-bond donors (Lipinski definition) is 2. The summed E-state index contributed by atoms with van der Waals surface area (Å²) in [6, 6.07) is 9.72. The lowest BCUT2D eigenvalue weighted by Gasteiger charge is -2.46. The molecule has 2 N–H and O–H groups in total. The molecule has 150 valence electrons. The highest BCUT2D eigenvalue weighted by molar-refractivity contribution is 7.11. The molecular weight excluding hydrogens is 378 g/mol. The van der Waals surface area contributed by atoms with Gasteiger partial charge in [0, 0.05) is 19.6 Å². The third-order valence-electron chi connectivity index (χ3n) is 5.50. The van der Waals surface area contributed by atoms with Crippen LogP contribution in [-0.4, -0.2) is 66.1 Å². The first-order valence-electron chi connectivity index (χ1n) is 9.50. The highest BCUT2D eigenvalue weighted by atomic mass is 32.1. The van der Waals surface area contributed by atoms with Gasteiger partial charge in [-0.25, -0.2) is 4.98 Å². The van der Waals surface area contributed by atoms with Gasteiger partial charge >= 0.3 is 0 Å². The van der Waals surface area contributed by atoms with Crippen molar-refractivity contribution in [3.8, 4) is 0 Å². The number of aliphatic hydroxyl groups is 1. The number of benzene rings is 1. The third-order valence-corrected chi connectivity index (χ3v) is 6.43. The molecule has 1 aromatic heterocycles. The van der Waals surface area contributed by atoms with Gasteiger partial charge in [0.2, 0.25) is 0 Å². The molecule has 0 saturated carbocycles. The molecule has 2 aliphatic rings. The molecule has 7 nitrogen and oxygen atoms in total. The number of nitrogens with zero attached hydrogens (tertiary/aromatic N) is 2. The average Bonchev–Trinajstić information content (AvgIpc) is 3.36. The molecule has 0 aliphatic carbocycles. The topological polar surface area (TPSA) is 83.9 Å². The Kier molecular flexibility index (Phi) is 5.75. The second-order valence-corrected chi connectivity index (χ2v) is 8.11. The molecule has 2 saturated heterocycles. The zero-order valence-electron chi connectivity index (χ0n) is 15.8. The van der Waals surface area contributed by atoms with Crippen molar-refractivity contribution in [1.82, 2.24) is 15.2 Å². The van der Waals surface area contributed by atoms with Gasteiger partial charge in [-0.05, 0) is 18.9 Å². The number of rotatable bonds is 5. The molecule has 4 rings (SSSR count). The molecule has 0 radical (unpaired) electrons. The van der Waals surface area contributed by atoms with E-state index in [1.54, 1.807) is 5.51 Å². The Hall–Kier alpha value is -1.84. The highest BCUT2D eigenvalue weighted by Gasteiger charge is 2.45. The van der Waals surface area contributed by atoms with E-state index in [-0.39, 0.29) is 12.2 Å². The molecule has 0 spiro atoms. The van der Waals surface area contributed by atoms with Crippen molar-refractivity contribution in [3.63, 3.8) is 0 Å². The minimum atomic E-state index is -0.845. The predicted octanol–water partition coefficient (Wildman–Crippen LogP) is 1.52. The Morgan fingerprint density at radius 2 is 2.11 bits per heavy atom. The van der Waals surface area contributed by atoms with E-state index in [9.17, 15) is 9.90 Å². The third kappa shape index (κ3) is 3.83. The Labute approximate surface area is 168 Å². The van der Waals surface area contributed by atoms with Crippen LogP contribution in [-0.2, 0) is 15.0 Å². The molecule has 1 amide bonds. The Morgan fingerprint density at radius 1 is 1.36 bits per heavy atom. The molecule has 8 heteroatoms. The largest absolute Gasteiger partial charge is 0.389 e. The van der Waals surface area contributed by atoms with E-state index in [0.717, 1.165) is 12.1 Å². The standard InChI is InChI=1S/C20H25N3O4S/c1-14-18(28-13-21-14)19(25)22-20(15-5-3-2-4-6-15)7-8-23(11-16(20)24)12-17-26-9-10-27-17/h2-6,13,16-17,24H,7-12H2,1H3,(H,22,25)/t16-,20-/m1/s1. The van der Waals surface area contributed by atoms with Gasteiger partial charge in [-0.2, -0.15) is 0 Å². The monoisotopic (exact) mass is 403 g/mol. The van der Waals surface area contributed by atoms with Gasteiger partial charge in [0.05, 0.1) is 36.1 Å². The van der Waals surface area contributed by atoms with Gasteiger partial charge in [-0.1, -0.05) is 30.3 Å². The number of carbonyl (C=O) groups excluding carboxylic acids is 1. The molecule has 28 heavy (non-hydrogen) atoms. The zero-order valence-corrected chi connectivity index (χ0v) is 16.7. The van der Waals surface area contributed by atoms with Crippen LogP contribution in [0.5, 0.6) is 0 Å². The molecule has 2 atom stereocenters. The molecule has 3 heterocycles. The SMILES string of the molecule is Cc1ncsc1C(=O)N[C@@]1(c2ccccc2)CCN(CC2OCCO2)C[C@H]1O. The average molecular weight is 404 g/mol. The Bertz CT molecular complexity index is 809. The number of piperidine rings is 1. The normalized spacial score (nSPS) is 26.4. The van der Waals surface area contributed by atoms with Gasteiger partial charge in [0.1, 0.15) is 4.88 Å². The van der Waals surface area contributed by atoms with Gasteiger partial charge in [0.15, 0.2) is 6.29 Å². The maximum absolute atomic E-state index is 13.0. The van der Waals surface area contributed by atoms with Gasteiger partial charge in [-0.15, -0.1) is 11.3 Å². The van der Waals surface area contributed by atoms with Gasteiger partial charge < -0.3 is 19.9 Å². The van der Waals surface area contributed by atoms with Crippen LogP contribution in [0.4, 0.5) is 0 Å². The molecule has 0 unspecified atom stereocenters. The number of carbonyl (C=O) groups is 1. The number of likely N-dealkylation sites (tertiary alicyclic amines) is 1. The Balaban J connectivity index is 1.56. The summed E-state index contributed by atoms with van der Waals surface area (Å²) < 4.78 is 11.1. The summed E-state index contributed by atoms with van der Waals surface area (Å²) in [5.74, 6) is -0.196. The first-order chi connectivity index (χ1) is 13.6. The van der Waals surface area contributed by atoms with E-state index >= 15 is 0 Å². The fourth-order valence-corrected chi connectivity index (χ4v) is 4.65.